The van der Waals surface area contributed by atoms with E-state index in [-0.39, 0.29) is 0 Å². The van der Waals surface area contributed by atoms with Crippen molar-refractivity contribution in [1.29, 1.82) is 0 Å². The van der Waals surface area contributed by atoms with Crippen LogP contribution in [0.1, 0.15) is 6.92 Å². The molecule has 0 heterocycles. The molecule has 0 aliphatic heterocycles. The van der Waals surface area contributed by atoms with E-state index in [1.54, 1.807) is 0 Å². The molecule has 10 heteroatoms. The van der Waals surface area contributed by atoms with Crippen LogP contribution in [0.2, 0.25) is 0 Å². The fourth-order valence-corrected chi connectivity index (χ4v) is 1.35. The summed E-state index contributed by atoms with van der Waals surface area (Å²) in [4.78, 5) is 0. The smallest absolute Gasteiger partial charge is 0.401 e. The Morgan fingerprint density at radius 1 is 0.905 bits per heavy atom. The van der Waals surface area contributed by atoms with Gasteiger partial charge in [-0.3, -0.25) is 0 Å². The fraction of sp³-hybridized carbons (Fsp3) is 0.455. The third-order valence-electron chi connectivity index (χ3n) is 2.25. The van der Waals surface area contributed by atoms with Gasteiger partial charge in [0.25, 0.3) is 0 Å². The van der Waals surface area contributed by atoms with Crippen LogP contribution < -0.4 is 10.1 Å². The topological polar surface area (TPSA) is 21.3 Å². The van der Waals surface area contributed by atoms with Crippen LogP contribution >= 0.6 is 0 Å². The molecular formula is C11H9F8NO. The van der Waals surface area contributed by atoms with E-state index in [0.717, 1.165) is 6.92 Å². The molecule has 0 fully saturated rings. The first kappa shape index (κ1) is 17.5. The van der Waals surface area contributed by atoms with Gasteiger partial charge in [0.2, 0.25) is 29.1 Å². The average Bonchev–Trinajstić information content (AvgIpc) is 2.38. The molecule has 21 heavy (non-hydrogen) atoms. The first-order valence-electron chi connectivity index (χ1n) is 5.50. The second-order valence-electron chi connectivity index (χ2n) is 4.07. The highest BCUT2D eigenvalue weighted by Crippen LogP contribution is 2.29. The van der Waals surface area contributed by atoms with E-state index in [0.29, 0.717) is 0 Å². The molecule has 0 saturated heterocycles. The molecule has 1 N–H and O–H groups in total. The number of rotatable bonds is 5. The van der Waals surface area contributed by atoms with Crippen molar-refractivity contribution in [3.63, 3.8) is 0 Å². The van der Waals surface area contributed by atoms with Crippen LogP contribution in [0.5, 0.6) is 5.75 Å². The van der Waals surface area contributed by atoms with Crippen molar-refractivity contribution in [3.8, 4) is 5.75 Å². The third kappa shape index (κ3) is 4.45. The monoisotopic (exact) mass is 323 g/mol. The Bertz CT molecular complexity index is 487. The Balaban J connectivity index is 2.79. The molecule has 1 aromatic carbocycles. The van der Waals surface area contributed by atoms with Crippen molar-refractivity contribution in [2.24, 2.45) is 0 Å². The van der Waals surface area contributed by atoms with Crippen molar-refractivity contribution in [2.45, 2.75) is 19.2 Å². The van der Waals surface area contributed by atoms with Gasteiger partial charge in [-0.15, -0.1) is 0 Å². The zero-order valence-corrected chi connectivity index (χ0v) is 10.4. The van der Waals surface area contributed by atoms with Gasteiger partial charge in [-0.05, 0) is 6.92 Å². The predicted molar refractivity (Wildman–Crippen MR) is 55.2 cm³/mol. The summed E-state index contributed by atoms with van der Waals surface area (Å²) in [6, 6.07) is 0. The van der Waals surface area contributed by atoms with Crippen LogP contribution in [0.15, 0.2) is 0 Å². The lowest BCUT2D eigenvalue weighted by atomic mass is 10.2. The minimum atomic E-state index is -4.51. The maximum Gasteiger partial charge on any atom is 0.401 e. The molecule has 0 aromatic heterocycles. The zero-order valence-electron chi connectivity index (χ0n) is 10.4. The van der Waals surface area contributed by atoms with Crippen molar-refractivity contribution in [1.82, 2.24) is 5.32 Å². The van der Waals surface area contributed by atoms with Gasteiger partial charge >= 0.3 is 6.18 Å². The molecule has 1 atom stereocenters. The molecular weight excluding hydrogens is 314 g/mol. The van der Waals surface area contributed by atoms with Crippen molar-refractivity contribution < 1.29 is 39.9 Å². The standard InChI is InChI=1S/C11H9F8NO/c1-4(2-20-3-11(17,18)19)21-10-8(15)6(13)5(12)7(14)9(10)16/h4,20H,2-3H2,1H3. The second-order valence-corrected chi connectivity index (χ2v) is 4.07. The van der Waals surface area contributed by atoms with Crippen LogP contribution in [0.3, 0.4) is 0 Å². The maximum absolute atomic E-state index is 13.2. The number of nitrogens with one attached hydrogen (secondary N) is 1. The Morgan fingerprint density at radius 3 is 1.76 bits per heavy atom. The van der Waals surface area contributed by atoms with E-state index in [1.807, 2.05) is 5.32 Å². The van der Waals surface area contributed by atoms with E-state index >= 15 is 0 Å². The number of ether oxygens (including phenoxy) is 1. The van der Waals surface area contributed by atoms with Gasteiger partial charge in [0.05, 0.1) is 6.54 Å². The highest BCUT2D eigenvalue weighted by atomic mass is 19.4. The molecule has 0 bridgehead atoms. The van der Waals surface area contributed by atoms with E-state index in [1.165, 1.54) is 0 Å². The predicted octanol–water partition coefficient (Wildman–Crippen LogP) is 3.30. The fourth-order valence-electron chi connectivity index (χ4n) is 1.35. The molecule has 1 aromatic rings. The van der Waals surface area contributed by atoms with Crippen molar-refractivity contribution >= 4 is 0 Å². The number of halogens is 8. The Kier molecular flexibility index (Phi) is 5.37. The number of alkyl halides is 3. The second kappa shape index (κ2) is 6.46. The van der Waals surface area contributed by atoms with Crippen molar-refractivity contribution in [3.05, 3.63) is 29.1 Å². The SMILES string of the molecule is CC(CNCC(F)(F)F)Oc1c(F)c(F)c(F)c(F)c1F. The normalized spacial score (nSPS) is 13.4. The summed E-state index contributed by atoms with van der Waals surface area (Å²) >= 11 is 0. The summed E-state index contributed by atoms with van der Waals surface area (Å²) < 4.78 is 105. The lowest BCUT2D eigenvalue weighted by molar-refractivity contribution is -0.125. The molecule has 2 nitrogen and oxygen atoms in total. The summed E-state index contributed by atoms with van der Waals surface area (Å²) in [5.74, 6) is -12.6. The van der Waals surface area contributed by atoms with E-state index in [2.05, 4.69) is 4.74 Å². The first-order chi connectivity index (χ1) is 9.54. The molecule has 1 rings (SSSR count). The lowest BCUT2D eigenvalue weighted by Crippen LogP contribution is -2.36. The molecule has 0 aliphatic rings. The van der Waals surface area contributed by atoms with E-state index in [4.69, 9.17) is 0 Å². The highest BCUT2D eigenvalue weighted by molar-refractivity contribution is 5.29. The van der Waals surface area contributed by atoms with E-state index in [9.17, 15) is 35.1 Å². The summed E-state index contributed by atoms with van der Waals surface area (Å²) in [5.41, 5.74) is 0. The minimum Gasteiger partial charge on any atom is -0.483 e. The molecule has 120 valence electrons. The molecule has 1 unspecified atom stereocenters. The summed E-state index contributed by atoms with van der Waals surface area (Å²) in [6.07, 6.45) is -5.77. The van der Waals surface area contributed by atoms with E-state index < -0.39 is 60.2 Å². The van der Waals surface area contributed by atoms with Gasteiger partial charge < -0.3 is 10.1 Å². The average molecular weight is 323 g/mol. The first-order valence-corrected chi connectivity index (χ1v) is 5.50. The van der Waals surface area contributed by atoms with Crippen molar-refractivity contribution in [2.75, 3.05) is 13.1 Å². The van der Waals surface area contributed by atoms with Crippen LogP contribution in [0, 0.1) is 29.1 Å². The number of hydrogen-bond acceptors (Lipinski definition) is 2. The summed E-state index contributed by atoms with van der Waals surface area (Å²) in [7, 11) is 0. The van der Waals surface area contributed by atoms with Gasteiger partial charge in [-0.2, -0.15) is 22.0 Å². The summed E-state index contributed by atoms with van der Waals surface area (Å²) in [6.45, 7) is -0.807. The number of benzene rings is 1. The highest BCUT2D eigenvalue weighted by Gasteiger charge is 2.29. The Hall–Kier alpha value is -1.58. The van der Waals surface area contributed by atoms with Crippen LogP contribution in [0.4, 0.5) is 35.1 Å². The van der Waals surface area contributed by atoms with Gasteiger partial charge in [0, 0.05) is 6.54 Å². The molecule has 0 spiro atoms. The summed E-state index contributed by atoms with van der Waals surface area (Å²) in [5, 5.41) is 1.87. The van der Waals surface area contributed by atoms with Gasteiger partial charge in [0.1, 0.15) is 6.10 Å². The van der Waals surface area contributed by atoms with Crippen LogP contribution in [-0.2, 0) is 0 Å². The quantitative estimate of drug-likeness (QED) is 0.510. The lowest BCUT2D eigenvalue weighted by Gasteiger charge is -2.17. The van der Waals surface area contributed by atoms with Crippen LogP contribution in [-0.4, -0.2) is 25.4 Å². The van der Waals surface area contributed by atoms with Gasteiger partial charge in [-0.1, -0.05) is 0 Å². The van der Waals surface area contributed by atoms with Gasteiger partial charge in [0.15, 0.2) is 5.75 Å². The molecule has 0 aliphatic carbocycles. The minimum absolute atomic E-state index is 0.515. The maximum atomic E-state index is 13.2. The zero-order chi connectivity index (χ0) is 16.4. The largest absolute Gasteiger partial charge is 0.483 e. The Labute approximate surface area is 113 Å². The molecule has 0 amide bonds. The third-order valence-corrected chi connectivity index (χ3v) is 2.25. The Morgan fingerprint density at radius 2 is 1.33 bits per heavy atom. The molecule has 0 radical (unpaired) electrons. The number of hydrogen-bond donors (Lipinski definition) is 1. The van der Waals surface area contributed by atoms with Crippen LogP contribution in [0.25, 0.3) is 0 Å². The molecule has 0 saturated carbocycles. The van der Waals surface area contributed by atoms with Gasteiger partial charge in [-0.25, -0.2) is 13.2 Å².